The molecule has 0 aromatic carbocycles. The molecule has 3 heterocycles. The summed E-state index contributed by atoms with van der Waals surface area (Å²) in [6, 6.07) is 0.718. The van der Waals surface area contributed by atoms with Crippen LogP contribution < -0.4 is 5.32 Å². The summed E-state index contributed by atoms with van der Waals surface area (Å²) >= 11 is 0. The highest BCUT2D eigenvalue weighted by molar-refractivity contribution is 5.74. The number of nitrogens with one attached hydrogen (secondary N) is 1. The van der Waals surface area contributed by atoms with E-state index in [0.717, 1.165) is 39.1 Å². The highest BCUT2D eigenvalue weighted by atomic mass is 16.5. The standard InChI is InChI=1S/C13H23N3O2/c17-13(15-5-1-2-6-15)14-8-12-9-16-7-3-4-11(16)10-18-12/h11-12H,1-10H2,(H,14,17). The van der Waals surface area contributed by atoms with E-state index >= 15 is 0 Å². The van der Waals surface area contributed by atoms with E-state index in [2.05, 4.69) is 10.2 Å². The number of amides is 2. The fourth-order valence-corrected chi connectivity index (χ4v) is 3.24. The molecular formula is C13H23N3O2. The molecule has 0 aliphatic carbocycles. The average Bonchev–Trinajstić information content (AvgIpc) is 3.05. The summed E-state index contributed by atoms with van der Waals surface area (Å²) in [6.07, 6.45) is 5.02. The van der Waals surface area contributed by atoms with Crippen LogP contribution in [-0.2, 0) is 4.74 Å². The molecule has 2 unspecified atom stereocenters. The van der Waals surface area contributed by atoms with Crippen molar-refractivity contribution in [2.45, 2.75) is 37.8 Å². The molecule has 0 aromatic rings. The molecule has 2 atom stereocenters. The largest absolute Gasteiger partial charge is 0.373 e. The predicted molar refractivity (Wildman–Crippen MR) is 68.5 cm³/mol. The van der Waals surface area contributed by atoms with E-state index in [9.17, 15) is 4.79 Å². The Morgan fingerprint density at radius 1 is 1.22 bits per heavy atom. The van der Waals surface area contributed by atoms with Gasteiger partial charge in [0.05, 0.1) is 12.7 Å². The Hall–Kier alpha value is -0.810. The normalized spacial score (nSPS) is 32.6. The summed E-state index contributed by atoms with van der Waals surface area (Å²) < 4.78 is 5.83. The average molecular weight is 253 g/mol. The van der Waals surface area contributed by atoms with Crippen molar-refractivity contribution in [1.29, 1.82) is 0 Å². The molecule has 102 valence electrons. The molecule has 3 fully saturated rings. The third-order valence-electron chi connectivity index (χ3n) is 4.34. The second-order valence-corrected chi connectivity index (χ2v) is 5.63. The third-order valence-corrected chi connectivity index (χ3v) is 4.34. The molecule has 0 bridgehead atoms. The quantitative estimate of drug-likeness (QED) is 0.786. The highest BCUT2D eigenvalue weighted by Gasteiger charge is 2.32. The number of ether oxygens (including phenoxy) is 1. The molecular weight excluding hydrogens is 230 g/mol. The van der Waals surface area contributed by atoms with E-state index in [-0.39, 0.29) is 12.1 Å². The number of likely N-dealkylation sites (tertiary alicyclic amines) is 1. The first-order valence-electron chi connectivity index (χ1n) is 7.21. The van der Waals surface area contributed by atoms with Crippen molar-refractivity contribution < 1.29 is 9.53 Å². The lowest BCUT2D eigenvalue weighted by Crippen LogP contribution is -2.51. The Bertz CT molecular complexity index is 305. The lowest BCUT2D eigenvalue weighted by atomic mass is 10.2. The number of rotatable bonds is 2. The minimum atomic E-state index is 0.0830. The zero-order valence-electron chi connectivity index (χ0n) is 10.9. The topological polar surface area (TPSA) is 44.8 Å². The van der Waals surface area contributed by atoms with Crippen molar-refractivity contribution in [3.8, 4) is 0 Å². The van der Waals surface area contributed by atoms with Crippen LogP contribution in [0.4, 0.5) is 4.79 Å². The van der Waals surface area contributed by atoms with Crippen LogP contribution in [0.2, 0.25) is 0 Å². The van der Waals surface area contributed by atoms with Crippen LogP contribution in [0.3, 0.4) is 0 Å². The van der Waals surface area contributed by atoms with Crippen LogP contribution in [0.5, 0.6) is 0 Å². The molecule has 5 nitrogen and oxygen atoms in total. The number of fused-ring (bicyclic) bond motifs is 1. The minimum Gasteiger partial charge on any atom is -0.373 e. The molecule has 18 heavy (non-hydrogen) atoms. The van der Waals surface area contributed by atoms with Crippen LogP contribution in [0.25, 0.3) is 0 Å². The number of morpholine rings is 1. The molecule has 1 N–H and O–H groups in total. The summed E-state index contributed by atoms with van der Waals surface area (Å²) in [6.45, 7) is 5.48. The molecule has 3 aliphatic heterocycles. The molecule has 0 radical (unpaired) electrons. The summed E-state index contributed by atoms with van der Waals surface area (Å²) in [5.41, 5.74) is 0. The summed E-state index contributed by atoms with van der Waals surface area (Å²) in [7, 11) is 0. The van der Waals surface area contributed by atoms with Crippen LogP contribution in [0.15, 0.2) is 0 Å². The van der Waals surface area contributed by atoms with Crippen molar-refractivity contribution in [2.24, 2.45) is 0 Å². The van der Waals surface area contributed by atoms with Crippen LogP contribution in [0, 0.1) is 0 Å². The van der Waals surface area contributed by atoms with Gasteiger partial charge in [-0.3, -0.25) is 4.90 Å². The summed E-state index contributed by atoms with van der Waals surface area (Å²) in [5, 5.41) is 3.01. The molecule has 2 amide bonds. The monoisotopic (exact) mass is 253 g/mol. The van der Waals surface area contributed by atoms with Gasteiger partial charge >= 0.3 is 6.03 Å². The van der Waals surface area contributed by atoms with Gasteiger partial charge in [0.2, 0.25) is 0 Å². The predicted octanol–water partition coefficient (Wildman–Crippen LogP) is 0.655. The van der Waals surface area contributed by atoms with E-state index in [1.807, 2.05) is 4.90 Å². The van der Waals surface area contributed by atoms with Crippen molar-refractivity contribution in [2.75, 3.05) is 39.3 Å². The fourth-order valence-electron chi connectivity index (χ4n) is 3.24. The van der Waals surface area contributed by atoms with E-state index in [4.69, 9.17) is 4.74 Å². The van der Waals surface area contributed by atoms with Crippen molar-refractivity contribution >= 4 is 6.03 Å². The van der Waals surface area contributed by atoms with E-state index in [1.165, 1.54) is 19.4 Å². The van der Waals surface area contributed by atoms with Gasteiger partial charge in [-0.1, -0.05) is 0 Å². The first-order valence-corrected chi connectivity index (χ1v) is 7.21. The lowest BCUT2D eigenvalue weighted by Gasteiger charge is -2.35. The van der Waals surface area contributed by atoms with Crippen LogP contribution in [0.1, 0.15) is 25.7 Å². The van der Waals surface area contributed by atoms with Crippen LogP contribution in [-0.4, -0.2) is 67.3 Å². The van der Waals surface area contributed by atoms with Gasteiger partial charge < -0.3 is 15.0 Å². The van der Waals surface area contributed by atoms with Gasteiger partial charge in [-0.25, -0.2) is 4.79 Å². The minimum absolute atomic E-state index is 0.0830. The van der Waals surface area contributed by atoms with Gasteiger partial charge in [0.15, 0.2) is 0 Å². The maximum Gasteiger partial charge on any atom is 0.317 e. The first kappa shape index (κ1) is 12.2. The van der Waals surface area contributed by atoms with Crippen molar-refractivity contribution in [1.82, 2.24) is 15.1 Å². The number of hydrogen-bond acceptors (Lipinski definition) is 3. The lowest BCUT2D eigenvalue weighted by molar-refractivity contribution is -0.0460. The maximum atomic E-state index is 11.9. The van der Waals surface area contributed by atoms with Gasteiger partial charge in [-0.05, 0) is 32.2 Å². The zero-order valence-corrected chi connectivity index (χ0v) is 10.9. The number of carbonyl (C=O) groups excluding carboxylic acids is 1. The number of hydrogen-bond donors (Lipinski definition) is 1. The Morgan fingerprint density at radius 3 is 2.89 bits per heavy atom. The molecule has 0 aromatic heterocycles. The third kappa shape index (κ3) is 2.62. The highest BCUT2D eigenvalue weighted by Crippen LogP contribution is 2.22. The second-order valence-electron chi connectivity index (χ2n) is 5.63. The van der Waals surface area contributed by atoms with Crippen molar-refractivity contribution in [3.63, 3.8) is 0 Å². The van der Waals surface area contributed by atoms with E-state index in [0.29, 0.717) is 12.6 Å². The van der Waals surface area contributed by atoms with Gasteiger partial charge in [0.1, 0.15) is 0 Å². The molecule has 3 aliphatic rings. The van der Waals surface area contributed by atoms with Gasteiger partial charge in [-0.15, -0.1) is 0 Å². The number of nitrogens with zero attached hydrogens (tertiary/aromatic N) is 2. The molecule has 3 rings (SSSR count). The van der Waals surface area contributed by atoms with Gasteiger partial charge in [-0.2, -0.15) is 0 Å². The first-order chi connectivity index (χ1) is 8.83. The second kappa shape index (κ2) is 5.45. The zero-order chi connectivity index (χ0) is 12.4. The summed E-state index contributed by atoms with van der Waals surface area (Å²) in [5.74, 6) is 0. The number of carbonyl (C=O) groups is 1. The molecule has 0 saturated carbocycles. The molecule has 5 heteroatoms. The Morgan fingerprint density at radius 2 is 2.06 bits per heavy atom. The smallest absolute Gasteiger partial charge is 0.317 e. The Kier molecular flexibility index (Phi) is 3.70. The fraction of sp³-hybridized carbons (Fsp3) is 0.923. The maximum absolute atomic E-state index is 11.9. The van der Waals surface area contributed by atoms with Gasteiger partial charge in [0.25, 0.3) is 0 Å². The van der Waals surface area contributed by atoms with Gasteiger partial charge in [0, 0.05) is 32.2 Å². The van der Waals surface area contributed by atoms with E-state index in [1.54, 1.807) is 0 Å². The Balaban J connectivity index is 1.41. The van der Waals surface area contributed by atoms with Crippen molar-refractivity contribution in [3.05, 3.63) is 0 Å². The number of urea groups is 1. The molecule has 0 spiro atoms. The Labute approximate surface area is 108 Å². The SMILES string of the molecule is O=C(NCC1CN2CCCC2CO1)N1CCCC1. The van der Waals surface area contributed by atoms with Crippen LogP contribution >= 0.6 is 0 Å². The van der Waals surface area contributed by atoms with E-state index < -0.39 is 0 Å². The summed E-state index contributed by atoms with van der Waals surface area (Å²) in [4.78, 5) is 16.3. The molecule has 3 saturated heterocycles.